The first-order valence-corrected chi connectivity index (χ1v) is 8.78. The molecule has 0 radical (unpaired) electrons. The second-order valence-corrected chi connectivity index (χ2v) is 6.72. The number of rotatable bonds is 4. The lowest BCUT2D eigenvalue weighted by Crippen LogP contribution is -2.40. The second-order valence-electron chi connectivity index (χ2n) is 6.72. The summed E-state index contributed by atoms with van der Waals surface area (Å²) in [4.78, 5) is 15.1. The van der Waals surface area contributed by atoms with Gasteiger partial charge < -0.3 is 5.32 Å². The monoisotopic (exact) mass is 334 g/mol. The predicted molar refractivity (Wildman–Crippen MR) is 99.2 cm³/mol. The predicted octanol–water partition coefficient (Wildman–Crippen LogP) is 3.41. The number of nitrogens with one attached hydrogen (secondary N) is 2. The molecule has 0 spiro atoms. The Hall–Kier alpha value is -2.66. The van der Waals surface area contributed by atoms with Gasteiger partial charge in [-0.3, -0.25) is 14.8 Å². The quantitative estimate of drug-likeness (QED) is 0.768. The van der Waals surface area contributed by atoms with E-state index in [0.29, 0.717) is 0 Å². The highest BCUT2D eigenvalue weighted by molar-refractivity contribution is 5.95. The van der Waals surface area contributed by atoms with Gasteiger partial charge in [0.1, 0.15) is 0 Å². The van der Waals surface area contributed by atoms with Crippen LogP contribution >= 0.6 is 0 Å². The third-order valence-corrected chi connectivity index (χ3v) is 4.83. The van der Waals surface area contributed by atoms with E-state index in [4.69, 9.17) is 0 Å². The lowest BCUT2D eigenvalue weighted by molar-refractivity contribution is -0.121. The van der Waals surface area contributed by atoms with Crippen LogP contribution in [-0.4, -0.2) is 34.1 Å². The van der Waals surface area contributed by atoms with Gasteiger partial charge >= 0.3 is 0 Å². The third-order valence-electron chi connectivity index (χ3n) is 4.83. The largest absolute Gasteiger partial charge is 0.326 e. The van der Waals surface area contributed by atoms with Gasteiger partial charge in [-0.25, -0.2) is 0 Å². The summed E-state index contributed by atoms with van der Waals surface area (Å²) < 4.78 is 0. The normalized spacial score (nSPS) is 18.3. The van der Waals surface area contributed by atoms with E-state index in [0.717, 1.165) is 49.1 Å². The Morgan fingerprint density at radius 3 is 3.00 bits per heavy atom. The van der Waals surface area contributed by atoms with Gasteiger partial charge in [0, 0.05) is 24.2 Å². The number of H-pyrrole nitrogens is 1. The highest BCUT2D eigenvalue weighted by atomic mass is 16.1. The van der Waals surface area contributed by atoms with Crippen molar-refractivity contribution in [2.75, 3.05) is 18.4 Å². The van der Waals surface area contributed by atoms with Crippen LogP contribution in [0.15, 0.2) is 54.7 Å². The molecule has 1 unspecified atom stereocenters. The first-order valence-electron chi connectivity index (χ1n) is 8.78. The van der Waals surface area contributed by atoms with Crippen molar-refractivity contribution in [2.45, 2.75) is 19.4 Å². The Bertz CT molecular complexity index is 858. The van der Waals surface area contributed by atoms with Crippen LogP contribution in [0, 0.1) is 5.92 Å². The number of carbonyl (C=O) groups excluding carboxylic acids is 1. The number of aromatic amines is 1. The van der Waals surface area contributed by atoms with Crippen molar-refractivity contribution in [1.29, 1.82) is 0 Å². The standard InChI is InChI=1S/C20H22N4O/c25-20(22-18-8-9-19-17(11-18)12-21-23-19)16-7-4-10-24(14-16)13-15-5-2-1-3-6-15/h1-3,5-6,8-9,11-12,16H,4,7,10,13-14H2,(H,21,23)(H,22,25). The summed E-state index contributed by atoms with van der Waals surface area (Å²) in [6, 6.07) is 16.3. The number of fused-ring (bicyclic) bond motifs is 1. The van der Waals surface area contributed by atoms with E-state index in [1.54, 1.807) is 6.20 Å². The molecular formula is C20H22N4O. The lowest BCUT2D eigenvalue weighted by atomic mass is 9.96. The number of aromatic nitrogens is 2. The van der Waals surface area contributed by atoms with Crippen LogP contribution in [0.1, 0.15) is 18.4 Å². The van der Waals surface area contributed by atoms with Crippen molar-refractivity contribution in [1.82, 2.24) is 15.1 Å². The summed E-state index contributed by atoms with van der Waals surface area (Å²) in [7, 11) is 0. The van der Waals surface area contributed by atoms with E-state index in [-0.39, 0.29) is 11.8 Å². The Morgan fingerprint density at radius 1 is 1.24 bits per heavy atom. The molecule has 128 valence electrons. The van der Waals surface area contributed by atoms with Gasteiger partial charge in [-0.05, 0) is 43.1 Å². The molecule has 1 saturated heterocycles. The number of carbonyl (C=O) groups is 1. The van der Waals surface area contributed by atoms with Crippen LogP contribution < -0.4 is 5.32 Å². The Labute approximate surface area is 147 Å². The highest BCUT2D eigenvalue weighted by Crippen LogP contribution is 2.22. The van der Waals surface area contributed by atoms with E-state index in [9.17, 15) is 4.79 Å². The molecular weight excluding hydrogens is 312 g/mol. The molecule has 0 saturated carbocycles. The molecule has 0 aliphatic carbocycles. The molecule has 1 amide bonds. The van der Waals surface area contributed by atoms with Gasteiger partial charge in [-0.15, -0.1) is 0 Å². The highest BCUT2D eigenvalue weighted by Gasteiger charge is 2.25. The maximum atomic E-state index is 12.7. The fourth-order valence-corrected chi connectivity index (χ4v) is 3.52. The molecule has 2 N–H and O–H groups in total. The van der Waals surface area contributed by atoms with Crippen LogP contribution in [0.25, 0.3) is 10.9 Å². The lowest BCUT2D eigenvalue weighted by Gasteiger charge is -2.32. The molecule has 25 heavy (non-hydrogen) atoms. The Kier molecular flexibility index (Phi) is 4.48. The van der Waals surface area contributed by atoms with E-state index >= 15 is 0 Å². The zero-order valence-corrected chi connectivity index (χ0v) is 14.1. The maximum absolute atomic E-state index is 12.7. The van der Waals surface area contributed by atoms with Gasteiger partial charge in [-0.2, -0.15) is 5.10 Å². The van der Waals surface area contributed by atoms with Crippen LogP contribution in [0.3, 0.4) is 0 Å². The summed E-state index contributed by atoms with van der Waals surface area (Å²) in [5.74, 6) is 0.151. The molecule has 1 aliphatic rings. The van der Waals surface area contributed by atoms with Crippen molar-refractivity contribution < 1.29 is 4.79 Å². The molecule has 0 bridgehead atoms. The number of nitrogens with zero attached hydrogens (tertiary/aromatic N) is 2. The van der Waals surface area contributed by atoms with Crippen LogP contribution in [0.5, 0.6) is 0 Å². The van der Waals surface area contributed by atoms with Crippen molar-refractivity contribution in [3.8, 4) is 0 Å². The average Bonchev–Trinajstić information content (AvgIpc) is 3.10. The van der Waals surface area contributed by atoms with Gasteiger partial charge in [0.25, 0.3) is 0 Å². The SMILES string of the molecule is O=C(Nc1ccc2[nH]ncc2c1)C1CCCN(Cc2ccccc2)C1. The Balaban J connectivity index is 1.39. The minimum absolute atomic E-state index is 0.0394. The van der Waals surface area contributed by atoms with Crippen molar-refractivity contribution in [3.63, 3.8) is 0 Å². The van der Waals surface area contributed by atoms with E-state index < -0.39 is 0 Å². The summed E-state index contributed by atoms with van der Waals surface area (Å²) >= 11 is 0. The first kappa shape index (κ1) is 15.8. The smallest absolute Gasteiger partial charge is 0.228 e. The number of anilines is 1. The van der Waals surface area contributed by atoms with Gasteiger partial charge in [0.15, 0.2) is 0 Å². The van der Waals surface area contributed by atoms with Gasteiger partial charge in [-0.1, -0.05) is 30.3 Å². The maximum Gasteiger partial charge on any atom is 0.228 e. The molecule has 1 atom stereocenters. The van der Waals surface area contributed by atoms with Crippen LogP contribution in [0.4, 0.5) is 5.69 Å². The molecule has 1 fully saturated rings. The van der Waals surface area contributed by atoms with Crippen molar-refractivity contribution in [3.05, 3.63) is 60.3 Å². The molecule has 1 aliphatic heterocycles. The van der Waals surface area contributed by atoms with Crippen molar-refractivity contribution >= 4 is 22.5 Å². The Morgan fingerprint density at radius 2 is 2.12 bits per heavy atom. The number of hydrogen-bond donors (Lipinski definition) is 2. The van der Waals surface area contributed by atoms with Gasteiger partial charge in [0.05, 0.1) is 17.6 Å². The fourth-order valence-electron chi connectivity index (χ4n) is 3.52. The number of hydrogen-bond acceptors (Lipinski definition) is 3. The minimum Gasteiger partial charge on any atom is -0.326 e. The molecule has 5 heteroatoms. The molecule has 3 aromatic rings. The zero-order chi connectivity index (χ0) is 17.1. The second kappa shape index (κ2) is 7.07. The molecule has 5 nitrogen and oxygen atoms in total. The van der Waals surface area contributed by atoms with Crippen molar-refractivity contribution in [2.24, 2.45) is 5.92 Å². The van der Waals surface area contributed by atoms with Gasteiger partial charge in [0.2, 0.25) is 5.91 Å². The van der Waals surface area contributed by atoms with E-state index in [1.807, 2.05) is 24.3 Å². The van der Waals surface area contributed by atoms with E-state index in [1.165, 1.54) is 5.56 Å². The molecule has 2 aromatic carbocycles. The summed E-state index contributed by atoms with van der Waals surface area (Å²) in [5.41, 5.74) is 3.11. The number of likely N-dealkylation sites (tertiary alicyclic amines) is 1. The molecule has 2 heterocycles. The molecule has 4 rings (SSSR count). The van der Waals surface area contributed by atoms with E-state index in [2.05, 4.69) is 44.7 Å². The van der Waals surface area contributed by atoms with Crippen LogP contribution in [-0.2, 0) is 11.3 Å². The zero-order valence-electron chi connectivity index (χ0n) is 14.1. The van der Waals surface area contributed by atoms with Crippen LogP contribution in [0.2, 0.25) is 0 Å². The average molecular weight is 334 g/mol. The summed E-state index contributed by atoms with van der Waals surface area (Å²) in [6.07, 6.45) is 3.78. The minimum atomic E-state index is 0.0394. The number of piperidine rings is 1. The molecule has 1 aromatic heterocycles. The fraction of sp³-hybridized carbons (Fsp3) is 0.300. The summed E-state index contributed by atoms with van der Waals surface area (Å²) in [5, 5.41) is 11.0. The number of amides is 1. The first-order chi connectivity index (χ1) is 12.3. The topological polar surface area (TPSA) is 61.0 Å². The third kappa shape index (κ3) is 3.72. The summed E-state index contributed by atoms with van der Waals surface area (Å²) in [6.45, 7) is 2.78. The number of benzene rings is 2.